The second-order valence-corrected chi connectivity index (χ2v) is 2.80. The quantitative estimate of drug-likeness (QED) is 0.673. The zero-order valence-electron chi connectivity index (χ0n) is 6.81. The van der Waals surface area contributed by atoms with E-state index < -0.39 is 0 Å². The molecule has 2 aromatic rings. The van der Waals surface area contributed by atoms with Gasteiger partial charge in [0.1, 0.15) is 6.33 Å². The van der Waals surface area contributed by atoms with Crippen molar-refractivity contribution < 1.29 is 0 Å². The van der Waals surface area contributed by atoms with E-state index in [4.69, 9.17) is 5.73 Å². The average Bonchev–Trinajstić information content (AvgIpc) is 2.47. The number of hydrogen-bond donors (Lipinski definition) is 1. The Morgan fingerprint density at radius 2 is 2.42 bits per heavy atom. The van der Waals surface area contributed by atoms with Crippen LogP contribution in [0.4, 0.5) is 0 Å². The van der Waals surface area contributed by atoms with E-state index in [1.165, 1.54) is 6.33 Å². The highest BCUT2D eigenvalue weighted by Crippen LogP contribution is 2.15. The smallest absolute Gasteiger partial charge is 0.136 e. The van der Waals surface area contributed by atoms with Crippen molar-refractivity contribution in [3.05, 3.63) is 30.4 Å². The van der Waals surface area contributed by atoms with Gasteiger partial charge in [0.15, 0.2) is 0 Å². The summed E-state index contributed by atoms with van der Waals surface area (Å²) in [6.45, 7) is 1.95. The molecular weight excluding hydrogens is 152 g/mol. The Kier molecular flexibility index (Phi) is 1.55. The summed E-state index contributed by atoms with van der Waals surface area (Å²) in [5.74, 6) is 0. The molecule has 0 aliphatic heterocycles. The summed E-state index contributed by atoms with van der Waals surface area (Å²) >= 11 is 0. The molecule has 0 saturated heterocycles. The molecule has 0 aromatic carbocycles. The molecular formula is C8H10N4. The van der Waals surface area contributed by atoms with E-state index in [2.05, 4.69) is 10.1 Å². The molecule has 4 heteroatoms. The lowest BCUT2D eigenvalue weighted by molar-refractivity contribution is 0.820. The third-order valence-electron chi connectivity index (χ3n) is 1.87. The molecule has 1 atom stereocenters. The first kappa shape index (κ1) is 7.24. The van der Waals surface area contributed by atoms with Crippen molar-refractivity contribution in [3.63, 3.8) is 0 Å². The zero-order valence-corrected chi connectivity index (χ0v) is 6.81. The molecule has 0 bridgehead atoms. The third-order valence-corrected chi connectivity index (χ3v) is 1.87. The third kappa shape index (κ3) is 0.967. The van der Waals surface area contributed by atoms with Gasteiger partial charge < -0.3 is 5.73 Å². The highest BCUT2D eigenvalue weighted by molar-refractivity contribution is 5.54. The van der Waals surface area contributed by atoms with Crippen LogP contribution in [0.1, 0.15) is 18.5 Å². The largest absolute Gasteiger partial charge is 0.324 e. The van der Waals surface area contributed by atoms with Crippen LogP contribution in [0, 0.1) is 0 Å². The van der Waals surface area contributed by atoms with E-state index in [9.17, 15) is 0 Å². The van der Waals surface area contributed by atoms with Gasteiger partial charge in [0.2, 0.25) is 0 Å². The van der Waals surface area contributed by atoms with Crippen LogP contribution in [0.2, 0.25) is 0 Å². The highest BCUT2D eigenvalue weighted by Gasteiger charge is 2.05. The number of nitrogens with two attached hydrogens (primary N) is 1. The fraction of sp³-hybridized carbons (Fsp3) is 0.250. The summed E-state index contributed by atoms with van der Waals surface area (Å²) < 4.78 is 1.77. The van der Waals surface area contributed by atoms with Gasteiger partial charge >= 0.3 is 0 Å². The van der Waals surface area contributed by atoms with Gasteiger partial charge in [-0.15, -0.1) is 0 Å². The highest BCUT2D eigenvalue weighted by atomic mass is 15.2. The summed E-state index contributed by atoms with van der Waals surface area (Å²) in [7, 11) is 0. The van der Waals surface area contributed by atoms with Gasteiger partial charge in [-0.2, -0.15) is 5.10 Å². The molecule has 62 valence electrons. The molecule has 2 N–H and O–H groups in total. The first-order valence-corrected chi connectivity index (χ1v) is 3.82. The van der Waals surface area contributed by atoms with Gasteiger partial charge in [-0.25, -0.2) is 9.50 Å². The molecule has 1 unspecified atom stereocenters. The Morgan fingerprint density at radius 3 is 3.17 bits per heavy atom. The number of nitrogens with zero attached hydrogens (tertiary/aromatic N) is 3. The van der Waals surface area contributed by atoms with Crippen LogP contribution < -0.4 is 5.73 Å². The Hall–Kier alpha value is -1.42. The number of aromatic nitrogens is 3. The summed E-state index contributed by atoms with van der Waals surface area (Å²) in [6.07, 6.45) is 5.17. The second-order valence-electron chi connectivity index (χ2n) is 2.80. The summed E-state index contributed by atoms with van der Waals surface area (Å²) in [6, 6.07) is 2.00. The van der Waals surface area contributed by atoms with Crippen LogP contribution in [0.3, 0.4) is 0 Å². The maximum Gasteiger partial charge on any atom is 0.136 e. The van der Waals surface area contributed by atoms with Crippen molar-refractivity contribution in [2.75, 3.05) is 0 Å². The Labute approximate surface area is 70.0 Å². The van der Waals surface area contributed by atoms with Crippen LogP contribution in [-0.2, 0) is 0 Å². The molecule has 4 nitrogen and oxygen atoms in total. The molecule has 0 spiro atoms. The lowest BCUT2D eigenvalue weighted by atomic mass is 10.1. The van der Waals surface area contributed by atoms with Gasteiger partial charge in [0.05, 0.1) is 11.7 Å². The van der Waals surface area contributed by atoms with Crippen LogP contribution in [0.15, 0.2) is 24.8 Å². The van der Waals surface area contributed by atoms with Crippen molar-refractivity contribution >= 4 is 5.52 Å². The summed E-state index contributed by atoms with van der Waals surface area (Å²) in [5, 5.41) is 4.03. The lowest BCUT2D eigenvalue weighted by Gasteiger charge is -2.01. The molecule has 2 aromatic heterocycles. The molecule has 0 radical (unpaired) electrons. The van der Waals surface area contributed by atoms with Gasteiger partial charge in [-0.1, -0.05) is 0 Å². The fourth-order valence-electron chi connectivity index (χ4n) is 1.26. The number of fused-ring (bicyclic) bond motifs is 1. The summed E-state index contributed by atoms with van der Waals surface area (Å²) in [4.78, 5) is 3.94. The Bertz CT molecular complexity index is 391. The van der Waals surface area contributed by atoms with E-state index in [-0.39, 0.29) is 6.04 Å². The normalized spacial score (nSPS) is 13.5. The van der Waals surface area contributed by atoms with Gasteiger partial charge in [-0.05, 0) is 18.6 Å². The van der Waals surface area contributed by atoms with Crippen molar-refractivity contribution in [2.24, 2.45) is 5.73 Å². The van der Waals surface area contributed by atoms with E-state index in [1.807, 2.05) is 19.2 Å². The zero-order chi connectivity index (χ0) is 8.55. The van der Waals surface area contributed by atoms with E-state index >= 15 is 0 Å². The molecule has 0 saturated carbocycles. The SMILES string of the molecule is CC(N)c1ccn2ncncc12. The van der Waals surface area contributed by atoms with Crippen LogP contribution in [-0.4, -0.2) is 14.6 Å². The molecule has 0 aliphatic rings. The lowest BCUT2D eigenvalue weighted by Crippen LogP contribution is -2.04. The molecule has 0 amide bonds. The Morgan fingerprint density at radius 1 is 1.58 bits per heavy atom. The maximum atomic E-state index is 5.76. The second kappa shape index (κ2) is 2.57. The molecule has 12 heavy (non-hydrogen) atoms. The van der Waals surface area contributed by atoms with Gasteiger partial charge in [0.25, 0.3) is 0 Å². The summed E-state index contributed by atoms with van der Waals surface area (Å²) in [5.41, 5.74) is 7.81. The Balaban J connectivity index is 2.70. The van der Waals surface area contributed by atoms with E-state index in [0.717, 1.165) is 11.1 Å². The average molecular weight is 162 g/mol. The first-order chi connectivity index (χ1) is 5.79. The van der Waals surface area contributed by atoms with Gasteiger partial charge in [0, 0.05) is 12.2 Å². The monoisotopic (exact) mass is 162 g/mol. The molecule has 2 heterocycles. The van der Waals surface area contributed by atoms with E-state index in [0.29, 0.717) is 0 Å². The minimum Gasteiger partial charge on any atom is -0.324 e. The molecule has 0 aliphatic carbocycles. The van der Waals surface area contributed by atoms with E-state index in [1.54, 1.807) is 10.7 Å². The van der Waals surface area contributed by atoms with Crippen molar-refractivity contribution in [1.29, 1.82) is 0 Å². The predicted octanol–water partition coefficient (Wildman–Crippen LogP) is 0.749. The molecule has 0 fully saturated rings. The standard InChI is InChI=1S/C8H10N4/c1-6(9)7-2-3-12-8(7)4-10-5-11-12/h2-6H,9H2,1H3. The van der Waals surface area contributed by atoms with Gasteiger partial charge in [-0.3, -0.25) is 0 Å². The van der Waals surface area contributed by atoms with Crippen molar-refractivity contribution in [1.82, 2.24) is 14.6 Å². The van der Waals surface area contributed by atoms with Crippen LogP contribution in [0.25, 0.3) is 5.52 Å². The predicted molar refractivity (Wildman–Crippen MR) is 45.6 cm³/mol. The number of hydrogen-bond acceptors (Lipinski definition) is 3. The topological polar surface area (TPSA) is 56.2 Å². The van der Waals surface area contributed by atoms with Crippen molar-refractivity contribution in [2.45, 2.75) is 13.0 Å². The molecule has 2 rings (SSSR count). The fourth-order valence-corrected chi connectivity index (χ4v) is 1.26. The van der Waals surface area contributed by atoms with Crippen molar-refractivity contribution in [3.8, 4) is 0 Å². The maximum absolute atomic E-state index is 5.76. The van der Waals surface area contributed by atoms with Crippen LogP contribution >= 0.6 is 0 Å². The minimum atomic E-state index is 0.0287. The van der Waals surface area contributed by atoms with Crippen LogP contribution in [0.5, 0.6) is 0 Å². The first-order valence-electron chi connectivity index (χ1n) is 3.82. The minimum absolute atomic E-state index is 0.0287. The number of rotatable bonds is 1.